The van der Waals surface area contributed by atoms with Crippen LogP contribution in [0.2, 0.25) is 0 Å². The van der Waals surface area contributed by atoms with Gasteiger partial charge in [-0.3, -0.25) is 9.59 Å². The van der Waals surface area contributed by atoms with Crippen LogP contribution in [-0.4, -0.2) is 57.4 Å². The van der Waals surface area contributed by atoms with Crippen molar-refractivity contribution in [3.63, 3.8) is 0 Å². The molecule has 1 heterocycles. The first-order valence-electron chi connectivity index (χ1n) is 9.64. The lowest BCUT2D eigenvalue weighted by molar-refractivity contribution is -0.115. The van der Waals surface area contributed by atoms with Crippen molar-refractivity contribution in [3.8, 4) is 12.3 Å². The van der Waals surface area contributed by atoms with Gasteiger partial charge < -0.3 is 15.4 Å². The maximum atomic E-state index is 12.9. The molecule has 0 aromatic heterocycles. The largest absolute Gasteiger partial charge is 0.379 e. The molecule has 2 aromatic carbocycles. The van der Waals surface area contributed by atoms with E-state index >= 15 is 0 Å². The normalized spacial score (nSPS) is 14.5. The van der Waals surface area contributed by atoms with Gasteiger partial charge in [0.2, 0.25) is 15.9 Å². The molecule has 0 bridgehead atoms. The Kier molecular flexibility index (Phi) is 7.07. The first-order valence-corrected chi connectivity index (χ1v) is 11.1. The van der Waals surface area contributed by atoms with E-state index in [1.54, 1.807) is 37.3 Å². The van der Waals surface area contributed by atoms with Crippen LogP contribution in [-0.2, 0) is 19.6 Å². The molecule has 0 spiro atoms. The average molecular weight is 442 g/mol. The Hall–Kier alpha value is -3.19. The summed E-state index contributed by atoms with van der Waals surface area (Å²) in [4.78, 5) is 24.8. The molecule has 1 saturated heterocycles. The van der Waals surface area contributed by atoms with Crippen molar-refractivity contribution in [2.45, 2.75) is 11.8 Å². The number of ether oxygens (including phenoxy) is 1. The van der Waals surface area contributed by atoms with E-state index < -0.39 is 21.8 Å². The summed E-state index contributed by atoms with van der Waals surface area (Å²) in [6.45, 7) is 2.61. The Balaban J connectivity index is 1.68. The standard InChI is InChI=1S/C22H23N3O5S/c1-3-17-5-4-6-18(13-17)24-21(26)15-23-22(27)20-14-19(8-7-16(20)2)31(28,29)25-9-11-30-12-10-25/h1,4-8,13-14H,9-12,15H2,2H3,(H,23,27)(H,24,26). The Labute approximate surface area is 181 Å². The van der Waals surface area contributed by atoms with E-state index in [4.69, 9.17) is 11.2 Å². The van der Waals surface area contributed by atoms with Gasteiger partial charge in [-0.25, -0.2) is 8.42 Å². The SMILES string of the molecule is C#Cc1cccc(NC(=O)CNC(=O)c2cc(S(=O)(=O)N3CCOCC3)ccc2C)c1. The third kappa shape index (κ3) is 5.49. The number of rotatable bonds is 6. The predicted octanol–water partition coefficient (Wildman–Crippen LogP) is 1.37. The van der Waals surface area contributed by atoms with E-state index in [0.717, 1.165) is 0 Å². The molecular weight excluding hydrogens is 418 g/mol. The fourth-order valence-corrected chi connectivity index (χ4v) is 4.52. The number of anilines is 1. The summed E-state index contributed by atoms with van der Waals surface area (Å²) in [7, 11) is -3.74. The third-order valence-corrected chi connectivity index (χ3v) is 6.68. The molecule has 31 heavy (non-hydrogen) atoms. The first kappa shape index (κ1) is 22.5. The van der Waals surface area contributed by atoms with E-state index in [1.165, 1.54) is 16.4 Å². The van der Waals surface area contributed by atoms with Crippen LogP contribution in [0.15, 0.2) is 47.4 Å². The van der Waals surface area contributed by atoms with Crippen LogP contribution in [0.3, 0.4) is 0 Å². The molecule has 0 atom stereocenters. The molecule has 1 aliphatic heterocycles. The van der Waals surface area contributed by atoms with Crippen molar-refractivity contribution in [2.24, 2.45) is 0 Å². The highest BCUT2D eigenvalue weighted by molar-refractivity contribution is 7.89. The van der Waals surface area contributed by atoms with E-state index in [1.807, 2.05) is 0 Å². The number of nitrogens with zero attached hydrogens (tertiary/aromatic N) is 1. The highest BCUT2D eigenvalue weighted by Gasteiger charge is 2.27. The van der Waals surface area contributed by atoms with Crippen molar-refractivity contribution >= 4 is 27.5 Å². The summed E-state index contributed by atoms with van der Waals surface area (Å²) in [5.74, 6) is 1.51. The predicted molar refractivity (Wildman–Crippen MR) is 116 cm³/mol. The second-order valence-electron chi connectivity index (χ2n) is 6.95. The number of nitrogens with one attached hydrogen (secondary N) is 2. The maximum absolute atomic E-state index is 12.9. The Morgan fingerprint density at radius 1 is 1.16 bits per heavy atom. The van der Waals surface area contributed by atoms with Crippen molar-refractivity contribution in [1.82, 2.24) is 9.62 Å². The minimum absolute atomic E-state index is 0.0284. The monoisotopic (exact) mass is 441 g/mol. The number of benzene rings is 2. The number of carbonyl (C=O) groups is 2. The van der Waals surface area contributed by atoms with Crippen molar-refractivity contribution in [2.75, 3.05) is 38.2 Å². The molecule has 1 aliphatic rings. The number of carbonyl (C=O) groups excluding carboxylic acids is 2. The first-order chi connectivity index (χ1) is 14.8. The minimum atomic E-state index is -3.74. The van der Waals surface area contributed by atoms with Crippen LogP contribution in [0.5, 0.6) is 0 Å². The zero-order chi connectivity index (χ0) is 22.4. The second kappa shape index (κ2) is 9.75. The molecule has 162 valence electrons. The van der Waals surface area contributed by atoms with Gasteiger partial charge in [-0.15, -0.1) is 6.42 Å². The van der Waals surface area contributed by atoms with Gasteiger partial charge in [-0.1, -0.05) is 18.1 Å². The topological polar surface area (TPSA) is 105 Å². The van der Waals surface area contributed by atoms with E-state index in [2.05, 4.69) is 16.6 Å². The summed E-state index contributed by atoms with van der Waals surface area (Å²) in [5, 5.41) is 5.18. The molecule has 0 unspecified atom stereocenters. The van der Waals surface area contributed by atoms with Gasteiger partial charge in [0, 0.05) is 29.9 Å². The maximum Gasteiger partial charge on any atom is 0.252 e. The molecule has 3 rings (SSSR count). The lowest BCUT2D eigenvalue weighted by Gasteiger charge is -2.26. The van der Waals surface area contributed by atoms with E-state index in [-0.39, 0.29) is 30.1 Å². The lowest BCUT2D eigenvalue weighted by Crippen LogP contribution is -2.40. The Morgan fingerprint density at radius 2 is 1.90 bits per heavy atom. The number of sulfonamides is 1. The van der Waals surface area contributed by atoms with Gasteiger partial charge in [0.05, 0.1) is 24.7 Å². The number of morpholine rings is 1. The van der Waals surface area contributed by atoms with Crippen LogP contribution in [0, 0.1) is 19.3 Å². The molecule has 0 aliphatic carbocycles. The summed E-state index contributed by atoms with van der Waals surface area (Å²) < 4.78 is 32.2. The molecule has 0 radical (unpaired) electrons. The van der Waals surface area contributed by atoms with Gasteiger partial charge in [0.1, 0.15) is 0 Å². The molecule has 9 heteroatoms. The number of hydrogen-bond acceptors (Lipinski definition) is 5. The van der Waals surface area contributed by atoms with Gasteiger partial charge in [0.25, 0.3) is 5.91 Å². The molecule has 8 nitrogen and oxygen atoms in total. The summed E-state index contributed by atoms with van der Waals surface area (Å²) in [6, 6.07) is 11.2. The van der Waals surface area contributed by atoms with Crippen molar-refractivity contribution in [3.05, 3.63) is 59.2 Å². The van der Waals surface area contributed by atoms with Gasteiger partial charge in [0.15, 0.2) is 0 Å². The third-order valence-electron chi connectivity index (χ3n) is 4.78. The number of amides is 2. The zero-order valence-electron chi connectivity index (χ0n) is 17.1. The number of hydrogen-bond donors (Lipinski definition) is 2. The van der Waals surface area contributed by atoms with Crippen LogP contribution >= 0.6 is 0 Å². The quantitative estimate of drug-likeness (QED) is 0.659. The van der Waals surface area contributed by atoms with Crippen LogP contribution in [0.1, 0.15) is 21.5 Å². The lowest BCUT2D eigenvalue weighted by atomic mass is 10.1. The van der Waals surface area contributed by atoms with Crippen LogP contribution in [0.4, 0.5) is 5.69 Å². The van der Waals surface area contributed by atoms with E-state index in [9.17, 15) is 18.0 Å². The summed E-state index contributed by atoms with van der Waals surface area (Å²) >= 11 is 0. The van der Waals surface area contributed by atoms with Gasteiger partial charge in [-0.2, -0.15) is 4.31 Å². The van der Waals surface area contributed by atoms with Gasteiger partial charge >= 0.3 is 0 Å². The fraction of sp³-hybridized carbons (Fsp3) is 0.273. The smallest absolute Gasteiger partial charge is 0.252 e. The molecular formula is C22H23N3O5S. The Bertz CT molecular complexity index is 1130. The van der Waals surface area contributed by atoms with E-state index in [0.29, 0.717) is 30.0 Å². The molecule has 0 saturated carbocycles. The van der Waals surface area contributed by atoms with Crippen LogP contribution < -0.4 is 10.6 Å². The molecule has 1 fully saturated rings. The fourth-order valence-electron chi connectivity index (χ4n) is 3.09. The number of terminal acetylenes is 1. The molecule has 2 aromatic rings. The zero-order valence-corrected chi connectivity index (χ0v) is 17.9. The average Bonchev–Trinajstić information content (AvgIpc) is 2.78. The van der Waals surface area contributed by atoms with Gasteiger partial charge in [-0.05, 0) is 42.8 Å². The summed E-state index contributed by atoms with van der Waals surface area (Å²) in [6.07, 6.45) is 5.35. The minimum Gasteiger partial charge on any atom is -0.379 e. The van der Waals surface area contributed by atoms with Crippen LogP contribution in [0.25, 0.3) is 0 Å². The Morgan fingerprint density at radius 3 is 2.61 bits per heavy atom. The highest BCUT2D eigenvalue weighted by atomic mass is 32.2. The van der Waals surface area contributed by atoms with Crippen molar-refractivity contribution < 1.29 is 22.7 Å². The second-order valence-corrected chi connectivity index (χ2v) is 8.89. The molecule has 2 amide bonds. The summed E-state index contributed by atoms with van der Waals surface area (Å²) in [5.41, 5.74) is 1.93. The molecule has 2 N–H and O–H groups in total. The highest BCUT2D eigenvalue weighted by Crippen LogP contribution is 2.20. The number of aryl methyl sites for hydroxylation is 1. The van der Waals surface area contributed by atoms with Crippen molar-refractivity contribution in [1.29, 1.82) is 0 Å².